The van der Waals surface area contributed by atoms with Gasteiger partial charge in [0.25, 0.3) is 11.6 Å². The van der Waals surface area contributed by atoms with Crippen LogP contribution in [0.15, 0.2) is 12.3 Å². The van der Waals surface area contributed by atoms with E-state index in [9.17, 15) is 14.9 Å². The van der Waals surface area contributed by atoms with Crippen LogP contribution in [0.1, 0.15) is 29.9 Å². The molecular formula is C11H15N3O3. The fraction of sp³-hybridized carbons (Fsp3) is 0.455. The molecule has 6 nitrogen and oxygen atoms in total. The average Bonchev–Trinajstić information content (AvgIpc) is 2.26. The summed E-state index contributed by atoms with van der Waals surface area (Å²) in [6, 6.07) is 1.25. The van der Waals surface area contributed by atoms with Gasteiger partial charge in [-0.05, 0) is 12.8 Å². The smallest absolute Gasteiger partial charge is 0.288 e. The van der Waals surface area contributed by atoms with Gasteiger partial charge < -0.3 is 5.32 Å². The maximum Gasteiger partial charge on any atom is 0.288 e. The van der Waals surface area contributed by atoms with Crippen LogP contribution >= 0.6 is 0 Å². The van der Waals surface area contributed by atoms with Crippen molar-refractivity contribution in [3.63, 3.8) is 0 Å². The van der Waals surface area contributed by atoms with Crippen molar-refractivity contribution in [2.75, 3.05) is 6.54 Å². The molecule has 0 radical (unpaired) electrons. The fourth-order valence-electron chi connectivity index (χ4n) is 1.24. The first kappa shape index (κ1) is 13.1. The largest absolute Gasteiger partial charge is 0.352 e. The standard InChI is InChI=1S/C11H15N3O3/c1-7(2)5-13-11(15)10-4-9(14(16)17)6-12-8(10)3/h4,6-7H,5H2,1-3H3,(H,13,15). The molecule has 0 saturated heterocycles. The van der Waals surface area contributed by atoms with Crippen LogP contribution in [0.25, 0.3) is 0 Å². The third-order valence-corrected chi connectivity index (χ3v) is 2.20. The van der Waals surface area contributed by atoms with Crippen molar-refractivity contribution in [2.24, 2.45) is 5.92 Å². The molecule has 0 saturated carbocycles. The summed E-state index contributed by atoms with van der Waals surface area (Å²) < 4.78 is 0. The Morgan fingerprint density at radius 1 is 1.59 bits per heavy atom. The number of nitrogens with zero attached hydrogens (tertiary/aromatic N) is 2. The number of rotatable bonds is 4. The molecule has 1 aromatic heterocycles. The van der Waals surface area contributed by atoms with Crippen molar-refractivity contribution in [3.8, 4) is 0 Å². The minimum atomic E-state index is -0.564. The molecule has 92 valence electrons. The highest BCUT2D eigenvalue weighted by atomic mass is 16.6. The van der Waals surface area contributed by atoms with Gasteiger partial charge in [0.1, 0.15) is 6.20 Å². The summed E-state index contributed by atoms with van der Waals surface area (Å²) in [4.78, 5) is 25.6. The number of nitro groups is 1. The summed E-state index contributed by atoms with van der Waals surface area (Å²) in [6.45, 7) is 6.12. The summed E-state index contributed by atoms with van der Waals surface area (Å²) in [5, 5.41) is 13.3. The van der Waals surface area contributed by atoms with E-state index >= 15 is 0 Å². The Morgan fingerprint density at radius 2 is 2.24 bits per heavy atom. The number of hydrogen-bond donors (Lipinski definition) is 1. The summed E-state index contributed by atoms with van der Waals surface area (Å²) in [6.07, 6.45) is 1.15. The maximum absolute atomic E-state index is 11.8. The molecule has 1 heterocycles. The van der Waals surface area contributed by atoms with Gasteiger partial charge in [0, 0.05) is 12.6 Å². The molecule has 0 bridgehead atoms. The number of carbonyl (C=O) groups is 1. The molecular weight excluding hydrogens is 222 g/mol. The molecule has 0 atom stereocenters. The van der Waals surface area contributed by atoms with E-state index in [1.165, 1.54) is 6.07 Å². The molecule has 1 N–H and O–H groups in total. The van der Waals surface area contributed by atoms with E-state index in [0.29, 0.717) is 18.2 Å². The first-order chi connectivity index (χ1) is 7.91. The minimum Gasteiger partial charge on any atom is -0.352 e. The number of amides is 1. The lowest BCUT2D eigenvalue weighted by atomic mass is 10.1. The number of carbonyl (C=O) groups excluding carboxylic acids is 1. The van der Waals surface area contributed by atoms with Crippen LogP contribution in [-0.2, 0) is 0 Å². The Morgan fingerprint density at radius 3 is 2.76 bits per heavy atom. The summed E-state index contributed by atoms with van der Waals surface area (Å²) >= 11 is 0. The molecule has 0 spiro atoms. The Labute approximate surface area is 99.2 Å². The van der Waals surface area contributed by atoms with Crippen molar-refractivity contribution in [3.05, 3.63) is 33.6 Å². The van der Waals surface area contributed by atoms with Gasteiger partial charge in [-0.15, -0.1) is 0 Å². The van der Waals surface area contributed by atoms with Crippen LogP contribution in [0.3, 0.4) is 0 Å². The molecule has 1 aromatic rings. The second-order valence-electron chi connectivity index (χ2n) is 4.19. The third kappa shape index (κ3) is 3.51. The van der Waals surface area contributed by atoms with Gasteiger partial charge in [-0.1, -0.05) is 13.8 Å². The van der Waals surface area contributed by atoms with Crippen LogP contribution < -0.4 is 5.32 Å². The van der Waals surface area contributed by atoms with Gasteiger partial charge in [0.05, 0.1) is 16.2 Å². The van der Waals surface area contributed by atoms with Crippen molar-refractivity contribution in [2.45, 2.75) is 20.8 Å². The summed E-state index contributed by atoms with van der Waals surface area (Å²) in [5.74, 6) is -0.00156. The molecule has 17 heavy (non-hydrogen) atoms. The lowest BCUT2D eigenvalue weighted by Crippen LogP contribution is -2.28. The molecule has 1 amide bonds. The monoisotopic (exact) mass is 237 g/mol. The normalized spacial score (nSPS) is 10.4. The van der Waals surface area contributed by atoms with E-state index in [2.05, 4.69) is 10.3 Å². The minimum absolute atomic E-state index is 0.176. The van der Waals surface area contributed by atoms with Gasteiger partial charge in [0.2, 0.25) is 0 Å². The zero-order valence-electron chi connectivity index (χ0n) is 10.1. The van der Waals surface area contributed by atoms with Crippen LogP contribution in [0.5, 0.6) is 0 Å². The first-order valence-electron chi connectivity index (χ1n) is 5.31. The second-order valence-corrected chi connectivity index (χ2v) is 4.19. The maximum atomic E-state index is 11.8. The molecule has 0 aliphatic rings. The van der Waals surface area contributed by atoms with E-state index in [1.54, 1.807) is 6.92 Å². The highest BCUT2D eigenvalue weighted by molar-refractivity contribution is 5.95. The number of aryl methyl sites for hydroxylation is 1. The Balaban J connectivity index is 2.92. The van der Waals surface area contributed by atoms with Crippen LogP contribution in [0.2, 0.25) is 0 Å². The van der Waals surface area contributed by atoms with Gasteiger partial charge in [-0.3, -0.25) is 19.9 Å². The predicted octanol–water partition coefficient (Wildman–Crippen LogP) is 1.68. The van der Waals surface area contributed by atoms with Crippen LogP contribution in [-0.4, -0.2) is 22.4 Å². The van der Waals surface area contributed by atoms with Crippen LogP contribution in [0, 0.1) is 23.0 Å². The van der Waals surface area contributed by atoms with Crippen molar-refractivity contribution >= 4 is 11.6 Å². The number of aromatic nitrogens is 1. The molecule has 0 fully saturated rings. The fourth-order valence-corrected chi connectivity index (χ4v) is 1.24. The SMILES string of the molecule is Cc1ncc([N+](=O)[O-])cc1C(=O)NCC(C)C. The van der Waals surface area contributed by atoms with Crippen molar-refractivity contribution in [1.29, 1.82) is 0 Å². The quantitative estimate of drug-likeness (QED) is 0.637. The highest BCUT2D eigenvalue weighted by Crippen LogP contribution is 2.14. The topological polar surface area (TPSA) is 85.1 Å². The van der Waals surface area contributed by atoms with E-state index in [0.717, 1.165) is 6.20 Å². The first-order valence-corrected chi connectivity index (χ1v) is 5.31. The number of nitrogens with one attached hydrogen (secondary N) is 1. The molecule has 0 unspecified atom stereocenters. The van der Waals surface area contributed by atoms with Crippen molar-refractivity contribution in [1.82, 2.24) is 10.3 Å². The summed E-state index contributed by atoms with van der Waals surface area (Å²) in [7, 11) is 0. The van der Waals surface area contributed by atoms with E-state index < -0.39 is 4.92 Å². The van der Waals surface area contributed by atoms with Gasteiger partial charge in [-0.25, -0.2) is 0 Å². The van der Waals surface area contributed by atoms with E-state index in [4.69, 9.17) is 0 Å². The van der Waals surface area contributed by atoms with Crippen molar-refractivity contribution < 1.29 is 9.72 Å². The molecule has 6 heteroatoms. The molecule has 0 aliphatic heterocycles. The van der Waals surface area contributed by atoms with Crippen LogP contribution in [0.4, 0.5) is 5.69 Å². The predicted molar refractivity (Wildman–Crippen MR) is 62.8 cm³/mol. The zero-order valence-corrected chi connectivity index (χ0v) is 10.1. The Hall–Kier alpha value is -1.98. The average molecular weight is 237 g/mol. The molecule has 0 aromatic carbocycles. The lowest BCUT2D eigenvalue weighted by molar-refractivity contribution is -0.385. The molecule has 0 aliphatic carbocycles. The second kappa shape index (κ2) is 5.38. The van der Waals surface area contributed by atoms with Gasteiger partial charge >= 0.3 is 0 Å². The highest BCUT2D eigenvalue weighted by Gasteiger charge is 2.15. The lowest BCUT2D eigenvalue weighted by Gasteiger charge is -2.08. The molecule has 1 rings (SSSR count). The Kier molecular flexibility index (Phi) is 4.14. The third-order valence-electron chi connectivity index (χ3n) is 2.20. The number of hydrogen-bond acceptors (Lipinski definition) is 4. The Bertz CT molecular complexity index is 444. The number of pyridine rings is 1. The zero-order chi connectivity index (χ0) is 13.0. The van der Waals surface area contributed by atoms with Gasteiger partial charge in [0.15, 0.2) is 0 Å². The van der Waals surface area contributed by atoms with E-state index in [-0.39, 0.29) is 17.2 Å². The van der Waals surface area contributed by atoms with Gasteiger partial charge in [-0.2, -0.15) is 0 Å². The summed E-state index contributed by atoms with van der Waals surface area (Å²) in [5.41, 5.74) is 0.557. The van der Waals surface area contributed by atoms with E-state index in [1.807, 2.05) is 13.8 Å².